The summed E-state index contributed by atoms with van der Waals surface area (Å²) in [5.41, 5.74) is 0.186. The highest BCUT2D eigenvalue weighted by Gasteiger charge is 2.27. The second kappa shape index (κ2) is 6.90. The number of rotatable bonds is 4. The third-order valence-electron chi connectivity index (χ3n) is 4.96. The molecule has 0 spiro atoms. The smallest absolute Gasteiger partial charge is 0.297 e. The van der Waals surface area contributed by atoms with Gasteiger partial charge in [-0.15, -0.1) is 0 Å². The number of nitrogens with one attached hydrogen (secondary N) is 1. The van der Waals surface area contributed by atoms with Crippen LogP contribution in [0, 0.1) is 11.6 Å². The van der Waals surface area contributed by atoms with E-state index in [-0.39, 0.29) is 11.6 Å². The van der Waals surface area contributed by atoms with Crippen LogP contribution in [-0.4, -0.2) is 21.2 Å². The molecule has 0 atom stereocenters. The van der Waals surface area contributed by atoms with E-state index in [1.807, 2.05) is 4.57 Å². The lowest BCUT2D eigenvalue weighted by Gasteiger charge is -2.12. The minimum atomic E-state index is -1.09. The van der Waals surface area contributed by atoms with Crippen molar-refractivity contribution in [3.05, 3.63) is 59.9 Å². The van der Waals surface area contributed by atoms with Crippen molar-refractivity contribution >= 4 is 28.4 Å². The molecule has 0 saturated heterocycles. The van der Waals surface area contributed by atoms with E-state index in [2.05, 4.69) is 10.3 Å². The van der Waals surface area contributed by atoms with Crippen molar-refractivity contribution in [1.82, 2.24) is 9.55 Å². The fourth-order valence-electron chi connectivity index (χ4n) is 3.63. The van der Waals surface area contributed by atoms with Gasteiger partial charge in [0.2, 0.25) is 0 Å². The summed E-state index contributed by atoms with van der Waals surface area (Å²) in [4.78, 5) is 29.4. The highest BCUT2D eigenvalue weighted by molar-refractivity contribution is 6.48. The first-order valence-corrected chi connectivity index (χ1v) is 8.81. The Morgan fingerprint density at radius 3 is 2.48 bits per heavy atom. The monoisotopic (exact) mass is 369 g/mol. The van der Waals surface area contributed by atoms with Crippen LogP contribution in [-0.2, 0) is 4.79 Å². The number of halogens is 2. The SMILES string of the molecule is O=C(Nc1c(F)cccc1F)C(=O)c1cn(C2CCCC2)c2ncccc12. The Morgan fingerprint density at radius 1 is 1.07 bits per heavy atom. The molecule has 1 saturated carbocycles. The molecule has 0 aliphatic heterocycles. The number of anilines is 1. The zero-order valence-corrected chi connectivity index (χ0v) is 14.4. The Labute approximate surface area is 154 Å². The minimum absolute atomic E-state index is 0.180. The van der Waals surface area contributed by atoms with Crippen molar-refractivity contribution in [1.29, 1.82) is 0 Å². The lowest BCUT2D eigenvalue weighted by Crippen LogP contribution is -2.24. The van der Waals surface area contributed by atoms with Gasteiger partial charge in [-0.2, -0.15) is 0 Å². The van der Waals surface area contributed by atoms with Crippen molar-refractivity contribution in [2.24, 2.45) is 0 Å². The number of amides is 1. The van der Waals surface area contributed by atoms with E-state index in [0.29, 0.717) is 11.0 Å². The van der Waals surface area contributed by atoms with Crippen LogP contribution in [0.4, 0.5) is 14.5 Å². The molecule has 0 bridgehead atoms. The number of para-hydroxylation sites is 1. The van der Waals surface area contributed by atoms with Crippen LogP contribution in [0.5, 0.6) is 0 Å². The number of hydrogen-bond acceptors (Lipinski definition) is 3. The molecule has 27 heavy (non-hydrogen) atoms. The summed E-state index contributed by atoms with van der Waals surface area (Å²) in [6.45, 7) is 0. The maximum absolute atomic E-state index is 13.8. The van der Waals surface area contributed by atoms with Gasteiger partial charge in [0.05, 0.1) is 5.56 Å². The lowest BCUT2D eigenvalue weighted by atomic mass is 10.1. The molecule has 1 aliphatic rings. The fourth-order valence-corrected chi connectivity index (χ4v) is 3.63. The van der Waals surface area contributed by atoms with E-state index >= 15 is 0 Å². The zero-order chi connectivity index (χ0) is 19.0. The molecule has 1 aromatic carbocycles. The lowest BCUT2D eigenvalue weighted by molar-refractivity contribution is -0.112. The first-order valence-electron chi connectivity index (χ1n) is 8.81. The van der Waals surface area contributed by atoms with Gasteiger partial charge in [0, 0.05) is 23.8 Å². The molecule has 1 aliphatic carbocycles. The number of nitrogens with zero attached hydrogens (tertiary/aromatic N) is 2. The largest absolute Gasteiger partial charge is 0.329 e. The summed E-state index contributed by atoms with van der Waals surface area (Å²) < 4.78 is 29.5. The Bertz CT molecular complexity index is 1020. The van der Waals surface area contributed by atoms with Crippen LogP contribution in [0.2, 0.25) is 0 Å². The number of carbonyl (C=O) groups excluding carboxylic acids is 2. The van der Waals surface area contributed by atoms with E-state index in [1.165, 1.54) is 6.07 Å². The minimum Gasteiger partial charge on any atom is -0.329 e. The quantitative estimate of drug-likeness (QED) is 0.552. The Hall–Kier alpha value is -3.09. The normalized spacial score (nSPS) is 14.6. The molecule has 7 heteroatoms. The summed E-state index contributed by atoms with van der Waals surface area (Å²) in [7, 11) is 0. The van der Waals surface area contributed by atoms with Crippen LogP contribution in [0.1, 0.15) is 42.1 Å². The first kappa shape index (κ1) is 17.3. The number of hydrogen-bond donors (Lipinski definition) is 1. The van der Waals surface area contributed by atoms with E-state index in [4.69, 9.17) is 0 Å². The molecule has 4 rings (SSSR count). The van der Waals surface area contributed by atoms with Crippen molar-refractivity contribution in [3.8, 4) is 0 Å². The molecule has 0 unspecified atom stereocenters. The molecule has 2 heterocycles. The Morgan fingerprint density at radius 2 is 1.78 bits per heavy atom. The van der Waals surface area contributed by atoms with E-state index in [1.54, 1.807) is 24.5 Å². The predicted molar refractivity (Wildman–Crippen MR) is 96.6 cm³/mol. The van der Waals surface area contributed by atoms with Crippen molar-refractivity contribution < 1.29 is 18.4 Å². The van der Waals surface area contributed by atoms with E-state index in [9.17, 15) is 18.4 Å². The topological polar surface area (TPSA) is 64.0 Å². The summed E-state index contributed by atoms with van der Waals surface area (Å²) >= 11 is 0. The molecule has 2 aromatic heterocycles. The molecule has 3 aromatic rings. The van der Waals surface area contributed by atoms with Crippen molar-refractivity contribution in [2.75, 3.05) is 5.32 Å². The van der Waals surface area contributed by atoms with Crippen molar-refractivity contribution in [2.45, 2.75) is 31.7 Å². The Balaban J connectivity index is 1.69. The first-order chi connectivity index (χ1) is 13.1. The second-order valence-corrected chi connectivity index (χ2v) is 6.64. The number of ketones is 1. The van der Waals surface area contributed by atoms with Gasteiger partial charge in [0.25, 0.3) is 11.7 Å². The van der Waals surface area contributed by atoms with Crippen molar-refractivity contribution in [3.63, 3.8) is 0 Å². The summed E-state index contributed by atoms with van der Waals surface area (Å²) in [5.74, 6) is -3.82. The third kappa shape index (κ3) is 3.09. The van der Waals surface area contributed by atoms with E-state index in [0.717, 1.165) is 37.8 Å². The number of Topliss-reactive ketones (excluding diaryl/α,β-unsaturated/α-hetero) is 1. The summed E-state index contributed by atoms with van der Waals surface area (Å²) in [6.07, 6.45) is 7.45. The van der Waals surface area contributed by atoms with Crippen LogP contribution in [0.15, 0.2) is 42.7 Å². The van der Waals surface area contributed by atoms with Gasteiger partial charge in [-0.1, -0.05) is 18.9 Å². The van der Waals surface area contributed by atoms with Crippen LogP contribution < -0.4 is 5.32 Å². The molecule has 1 N–H and O–H groups in total. The number of benzene rings is 1. The average molecular weight is 369 g/mol. The number of fused-ring (bicyclic) bond motifs is 1. The van der Waals surface area contributed by atoms with Crippen LogP contribution >= 0.6 is 0 Å². The molecule has 5 nitrogen and oxygen atoms in total. The Kier molecular flexibility index (Phi) is 4.43. The molecule has 1 amide bonds. The highest BCUT2D eigenvalue weighted by Crippen LogP contribution is 2.33. The van der Waals surface area contributed by atoms with Gasteiger partial charge in [0.1, 0.15) is 23.0 Å². The predicted octanol–water partition coefficient (Wildman–Crippen LogP) is 4.25. The van der Waals surface area contributed by atoms with Gasteiger partial charge in [-0.05, 0) is 37.1 Å². The molecular formula is C20H17F2N3O2. The summed E-state index contributed by atoms with van der Waals surface area (Å²) in [6, 6.07) is 6.85. The van der Waals surface area contributed by atoms with E-state index < -0.39 is 29.0 Å². The third-order valence-corrected chi connectivity index (χ3v) is 4.96. The molecule has 0 radical (unpaired) electrons. The van der Waals surface area contributed by atoms with Gasteiger partial charge < -0.3 is 9.88 Å². The standard InChI is InChI=1S/C20H17F2N3O2/c21-15-8-3-9-16(22)17(15)24-20(27)18(26)14-11-25(12-5-1-2-6-12)19-13(14)7-4-10-23-19/h3-4,7-12H,1-2,5-6H2,(H,24,27). The van der Waals surface area contributed by atoms with Gasteiger partial charge >= 0.3 is 0 Å². The zero-order valence-electron chi connectivity index (χ0n) is 14.4. The highest BCUT2D eigenvalue weighted by atomic mass is 19.1. The van der Waals surface area contributed by atoms with Crippen LogP contribution in [0.25, 0.3) is 11.0 Å². The number of pyridine rings is 1. The molecule has 1 fully saturated rings. The van der Waals surface area contributed by atoms with Gasteiger partial charge in [-0.3, -0.25) is 9.59 Å². The molecule has 138 valence electrons. The van der Waals surface area contributed by atoms with Crippen LogP contribution in [0.3, 0.4) is 0 Å². The summed E-state index contributed by atoms with van der Waals surface area (Å²) in [5, 5.41) is 2.61. The number of aromatic nitrogens is 2. The maximum Gasteiger partial charge on any atom is 0.297 e. The molecular weight excluding hydrogens is 352 g/mol. The fraction of sp³-hybridized carbons (Fsp3) is 0.250. The maximum atomic E-state index is 13.8. The van der Waals surface area contributed by atoms with Gasteiger partial charge in [0.15, 0.2) is 0 Å². The average Bonchev–Trinajstić information content (AvgIpc) is 3.31. The van der Waals surface area contributed by atoms with Gasteiger partial charge in [-0.25, -0.2) is 13.8 Å². The number of carbonyl (C=O) groups is 2. The second-order valence-electron chi connectivity index (χ2n) is 6.64.